The van der Waals surface area contributed by atoms with E-state index < -0.39 is 11.9 Å². The third-order valence-corrected chi connectivity index (χ3v) is 3.56. The maximum absolute atomic E-state index is 11.9. The lowest BCUT2D eigenvalue weighted by molar-refractivity contribution is -0.118. The molecule has 126 valence electrons. The lowest BCUT2D eigenvalue weighted by Gasteiger charge is -2.10. The average Bonchev–Trinajstić information content (AvgIpc) is 2.53. The minimum atomic E-state index is -1.10. The number of benzene rings is 2. The molecule has 6 nitrogen and oxygen atoms in total. The van der Waals surface area contributed by atoms with Crippen LogP contribution in [0.15, 0.2) is 36.4 Å². The van der Waals surface area contributed by atoms with Gasteiger partial charge in [-0.3, -0.25) is 4.79 Å². The van der Waals surface area contributed by atoms with Crippen LogP contribution in [0.4, 0.5) is 5.69 Å². The first kappa shape index (κ1) is 17.9. The lowest BCUT2D eigenvalue weighted by atomic mass is 10.2. The van der Waals surface area contributed by atoms with E-state index in [9.17, 15) is 9.59 Å². The van der Waals surface area contributed by atoms with Crippen molar-refractivity contribution in [3.63, 3.8) is 0 Å². The Kier molecular flexibility index (Phi) is 5.89. The van der Waals surface area contributed by atoms with Crippen LogP contribution >= 0.6 is 23.2 Å². The van der Waals surface area contributed by atoms with E-state index in [4.69, 9.17) is 37.8 Å². The number of carbonyl (C=O) groups excluding carboxylic acids is 1. The van der Waals surface area contributed by atoms with Gasteiger partial charge in [-0.1, -0.05) is 23.2 Å². The van der Waals surface area contributed by atoms with E-state index >= 15 is 0 Å². The van der Waals surface area contributed by atoms with Crippen LogP contribution < -0.4 is 14.8 Å². The average molecular weight is 370 g/mol. The van der Waals surface area contributed by atoms with Crippen molar-refractivity contribution in [2.75, 3.05) is 19.0 Å². The van der Waals surface area contributed by atoms with E-state index in [1.54, 1.807) is 18.2 Å². The first-order chi connectivity index (χ1) is 11.4. The predicted octanol–water partition coefficient (Wildman–Crippen LogP) is 3.72. The predicted molar refractivity (Wildman–Crippen MR) is 90.5 cm³/mol. The molecule has 0 aromatic heterocycles. The number of methoxy groups -OCH3 is 1. The molecule has 0 aliphatic rings. The molecule has 0 saturated carbocycles. The molecular weight excluding hydrogens is 357 g/mol. The van der Waals surface area contributed by atoms with Gasteiger partial charge in [0.25, 0.3) is 5.91 Å². The molecule has 0 unspecified atom stereocenters. The van der Waals surface area contributed by atoms with Crippen molar-refractivity contribution in [2.24, 2.45) is 0 Å². The summed E-state index contributed by atoms with van der Waals surface area (Å²) in [4.78, 5) is 22.7. The summed E-state index contributed by atoms with van der Waals surface area (Å²) in [6.07, 6.45) is 0. The molecule has 2 N–H and O–H groups in total. The summed E-state index contributed by atoms with van der Waals surface area (Å²) in [5.74, 6) is -0.812. The number of hydrogen-bond donors (Lipinski definition) is 2. The number of carbonyl (C=O) groups is 2. The zero-order chi connectivity index (χ0) is 17.7. The summed E-state index contributed by atoms with van der Waals surface area (Å²) in [6, 6.07) is 8.79. The van der Waals surface area contributed by atoms with Crippen molar-refractivity contribution in [1.82, 2.24) is 0 Å². The molecule has 0 radical (unpaired) electrons. The van der Waals surface area contributed by atoms with Gasteiger partial charge in [0.05, 0.1) is 22.7 Å². The van der Waals surface area contributed by atoms with Gasteiger partial charge in [-0.25, -0.2) is 4.79 Å². The number of amides is 1. The summed E-state index contributed by atoms with van der Waals surface area (Å²) in [5, 5.41) is 11.9. The molecule has 8 heteroatoms. The van der Waals surface area contributed by atoms with Crippen molar-refractivity contribution in [2.45, 2.75) is 0 Å². The first-order valence-electron chi connectivity index (χ1n) is 6.69. The number of anilines is 1. The lowest BCUT2D eigenvalue weighted by Crippen LogP contribution is -2.20. The Hall–Kier alpha value is -2.44. The third-order valence-electron chi connectivity index (χ3n) is 2.97. The quantitative estimate of drug-likeness (QED) is 0.810. The minimum absolute atomic E-state index is 0.0321. The maximum atomic E-state index is 11.9. The number of halogens is 2. The number of carboxylic acid groups (broad SMARTS) is 1. The molecule has 2 aromatic carbocycles. The standard InChI is InChI=1S/C16H13Cl2NO5/c1-23-13-5-3-10(7-12(13)18)19-15(20)8-24-14-4-2-9(16(21)22)6-11(14)17/h2-7H,8H2,1H3,(H,19,20)(H,21,22). The number of nitrogens with one attached hydrogen (secondary N) is 1. The van der Waals surface area contributed by atoms with Crippen molar-refractivity contribution < 1.29 is 24.2 Å². The fraction of sp³-hybridized carbons (Fsp3) is 0.125. The highest BCUT2D eigenvalue weighted by Crippen LogP contribution is 2.28. The second-order valence-electron chi connectivity index (χ2n) is 4.64. The van der Waals surface area contributed by atoms with Crippen LogP contribution in [0.2, 0.25) is 10.0 Å². The van der Waals surface area contributed by atoms with Crippen LogP contribution in [0.3, 0.4) is 0 Å². The highest BCUT2D eigenvalue weighted by molar-refractivity contribution is 6.32. The van der Waals surface area contributed by atoms with Crippen LogP contribution in [-0.4, -0.2) is 30.7 Å². The van der Waals surface area contributed by atoms with Gasteiger partial charge in [0.2, 0.25) is 0 Å². The fourth-order valence-corrected chi connectivity index (χ4v) is 2.33. The van der Waals surface area contributed by atoms with Gasteiger partial charge < -0.3 is 19.9 Å². The van der Waals surface area contributed by atoms with Gasteiger partial charge in [0.1, 0.15) is 11.5 Å². The molecule has 0 aliphatic carbocycles. The molecule has 0 spiro atoms. The van der Waals surface area contributed by atoms with E-state index in [2.05, 4.69) is 5.32 Å². The summed E-state index contributed by atoms with van der Waals surface area (Å²) in [6.45, 7) is -0.296. The van der Waals surface area contributed by atoms with Crippen LogP contribution in [-0.2, 0) is 4.79 Å². The highest BCUT2D eigenvalue weighted by Gasteiger charge is 2.10. The van der Waals surface area contributed by atoms with Crippen molar-refractivity contribution in [1.29, 1.82) is 0 Å². The van der Waals surface area contributed by atoms with Gasteiger partial charge in [0.15, 0.2) is 6.61 Å². The number of hydrogen-bond acceptors (Lipinski definition) is 4. The molecule has 2 rings (SSSR count). The molecule has 0 fully saturated rings. The Bertz CT molecular complexity index is 779. The molecule has 2 aromatic rings. The zero-order valence-corrected chi connectivity index (χ0v) is 14.0. The Morgan fingerprint density at radius 3 is 2.33 bits per heavy atom. The van der Waals surface area contributed by atoms with Gasteiger partial charge in [0, 0.05) is 5.69 Å². The summed E-state index contributed by atoms with van der Waals surface area (Å²) < 4.78 is 10.3. The monoisotopic (exact) mass is 369 g/mol. The normalized spacial score (nSPS) is 10.1. The van der Waals surface area contributed by atoms with Crippen LogP contribution in [0.1, 0.15) is 10.4 Å². The molecule has 0 aliphatic heterocycles. The number of aromatic carboxylic acids is 1. The van der Waals surface area contributed by atoms with Gasteiger partial charge in [-0.2, -0.15) is 0 Å². The van der Waals surface area contributed by atoms with Crippen molar-refractivity contribution in [3.05, 3.63) is 52.0 Å². The molecule has 0 bridgehead atoms. The van der Waals surface area contributed by atoms with Gasteiger partial charge >= 0.3 is 5.97 Å². The van der Waals surface area contributed by atoms with E-state index in [1.807, 2.05) is 0 Å². The minimum Gasteiger partial charge on any atom is -0.495 e. The van der Waals surface area contributed by atoms with E-state index in [0.717, 1.165) is 0 Å². The smallest absolute Gasteiger partial charge is 0.335 e. The summed E-state index contributed by atoms with van der Waals surface area (Å²) >= 11 is 11.9. The number of rotatable bonds is 6. The van der Waals surface area contributed by atoms with E-state index in [0.29, 0.717) is 16.5 Å². The maximum Gasteiger partial charge on any atom is 0.335 e. The molecule has 1 amide bonds. The van der Waals surface area contributed by atoms with Gasteiger partial charge in [-0.15, -0.1) is 0 Å². The topological polar surface area (TPSA) is 84.9 Å². The Balaban J connectivity index is 1.96. The Labute approximate surface area is 147 Å². The van der Waals surface area contributed by atoms with E-state index in [-0.39, 0.29) is 22.9 Å². The highest BCUT2D eigenvalue weighted by atomic mass is 35.5. The second-order valence-corrected chi connectivity index (χ2v) is 5.45. The number of carboxylic acids is 1. The molecule has 0 atom stereocenters. The van der Waals surface area contributed by atoms with Crippen molar-refractivity contribution >= 4 is 40.8 Å². The summed E-state index contributed by atoms with van der Waals surface area (Å²) in [5.41, 5.74) is 0.520. The Morgan fingerprint density at radius 1 is 1.08 bits per heavy atom. The number of ether oxygens (including phenoxy) is 2. The molecule has 0 saturated heterocycles. The Morgan fingerprint density at radius 2 is 1.75 bits per heavy atom. The fourth-order valence-electron chi connectivity index (χ4n) is 1.84. The largest absolute Gasteiger partial charge is 0.495 e. The van der Waals surface area contributed by atoms with Crippen molar-refractivity contribution in [3.8, 4) is 11.5 Å². The summed E-state index contributed by atoms with van der Waals surface area (Å²) in [7, 11) is 1.49. The van der Waals surface area contributed by atoms with Crippen LogP contribution in [0.25, 0.3) is 0 Å². The first-order valence-corrected chi connectivity index (χ1v) is 7.45. The SMILES string of the molecule is COc1ccc(NC(=O)COc2ccc(C(=O)O)cc2Cl)cc1Cl. The zero-order valence-electron chi connectivity index (χ0n) is 12.5. The van der Waals surface area contributed by atoms with Gasteiger partial charge in [-0.05, 0) is 36.4 Å². The van der Waals surface area contributed by atoms with Crippen LogP contribution in [0.5, 0.6) is 11.5 Å². The second kappa shape index (κ2) is 7.90. The molecule has 24 heavy (non-hydrogen) atoms. The van der Waals surface area contributed by atoms with E-state index in [1.165, 1.54) is 25.3 Å². The molecular formula is C16H13Cl2NO5. The molecule has 0 heterocycles. The third kappa shape index (κ3) is 4.53. The van der Waals surface area contributed by atoms with Crippen LogP contribution in [0, 0.1) is 0 Å².